The van der Waals surface area contributed by atoms with Crippen molar-refractivity contribution in [3.63, 3.8) is 0 Å². The molecular formula is C14H15BrO6. The lowest BCUT2D eigenvalue weighted by molar-refractivity contribution is -0.132. The standard InChI is InChI=1S/C14H15BrO6/c1-6-12(19-8(3)16)7(2)14(21-10(5)18)11(15)13(6)20-9(4)17/h1-5H3. The van der Waals surface area contributed by atoms with Crippen LogP contribution in [0.25, 0.3) is 0 Å². The molecule has 0 fully saturated rings. The first-order valence-corrected chi connectivity index (χ1v) is 6.82. The topological polar surface area (TPSA) is 78.9 Å². The molecule has 0 atom stereocenters. The molecule has 6 nitrogen and oxygen atoms in total. The lowest BCUT2D eigenvalue weighted by atomic mass is 10.1. The highest BCUT2D eigenvalue weighted by Gasteiger charge is 2.24. The molecule has 0 saturated carbocycles. The van der Waals surface area contributed by atoms with Gasteiger partial charge in [0.05, 0.1) is 0 Å². The molecule has 0 spiro atoms. The molecule has 1 rings (SSSR count). The first-order valence-electron chi connectivity index (χ1n) is 6.03. The molecule has 0 aromatic heterocycles. The van der Waals surface area contributed by atoms with Crippen LogP contribution in [0.3, 0.4) is 0 Å². The second-order valence-electron chi connectivity index (χ2n) is 4.33. The van der Waals surface area contributed by atoms with Crippen LogP contribution >= 0.6 is 15.9 Å². The average molecular weight is 359 g/mol. The maximum Gasteiger partial charge on any atom is 0.308 e. The first-order chi connectivity index (χ1) is 9.65. The van der Waals surface area contributed by atoms with Gasteiger partial charge in [-0.15, -0.1) is 0 Å². The van der Waals surface area contributed by atoms with E-state index in [0.29, 0.717) is 15.6 Å². The highest BCUT2D eigenvalue weighted by Crippen LogP contribution is 2.46. The molecule has 0 aliphatic rings. The summed E-state index contributed by atoms with van der Waals surface area (Å²) in [7, 11) is 0. The monoisotopic (exact) mass is 358 g/mol. The zero-order valence-corrected chi connectivity index (χ0v) is 13.9. The molecule has 0 amide bonds. The molecule has 0 heterocycles. The van der Waals surface area contributed by atoms with E-state index >= 15 is 0 Å². The van der Waals surface area contributed by atoms with Gasteiger partial charge < -0.3 is 14.2 Å². The summed E-state index contributed by atoms with van der Waals surface area (Å²) in [6, 6.07) is 0. The lowest BCUT2D eigenvalue weighted by Gasteiger charge is -2.18. The summed E-state index contributed by atoms with van der Waals surface area (Å²) in [5.74, 6) is -1.17. The first kappa shape index (κ1) is 17.2. The fourth-order valence-electron chi connectivity index (χ4n) is 1.75. The Bertz CT molecular complexity index is 514. The van der Waals surface area contributed by atoms with Gasteiger partial charge in [0.1, 0.15) is 10.2 Å². The average Bonchev–Trinajstić information content (AvgIpc) is 2.35. The van der Waals surface area contributed by atoms with E-state index in [9.17, 15) is 14.4 Å². The van der Waals surface area contributed by atoms with E-state index in [1.54, 1.807) is 13.8 Å². The van der Waals surface area contributed by atoms with Crippen molar-refractivity contribution in [2.75, 3.05) is 0 Å². The fraction of sp³-hybridized carbons (Fsp3) is 0.357. The summed E-state index contributed by atoms with van der Waals surface area (Å²) in [4.78, 5) is 33.6. The van der Waals surface area contributed by atoms with Crippen LogP contribution in [0.15, 0.2) is 4.47 Å². The van der Waals surface area contributed by atoms with Crippen molar-refractivity contribution < 1.29 is 28.6 Å². The normalized spacial score (nSPS) is 10.0. The largest absolute Gasteiger partial charge is 0.426 e. The van der Waals surface area contributed by atoms with Gasteiger partial charge in [0.25, 0.3) is 0 Å². The Labute approximate surface area is 130 Å². The number of benzene rings is 1. The van der Waals surface area contributed by atoms with Crippen LogP contribution in [0.2, 0.25) is 0 Å². The molecule has 1 aromatic carbocycles. The van der Waals surface area contributed by atoms with Gasteiger partial charge in [-0.25, -0.2) is 0 Å². The molecule has 0 unspecified atom stereocenters. The van der Waals surface area contributed by atoms with Gasteiger partial charge in [-0.05, 0) is 29.8 Å². The molecule has 21 heavy (non-hydrogen) atoms. The zero-order valence-electron chi connectivity index (χ0n) is 12.3. The maximum absolute atomic E-state index is 11.2. The highest BCUT2D eigenvalue weighted by molar-refractivity contribution is 9.10. The maximum atomic E-state index is 11.2. The number of esters is 3. The van der Waals surface area contributed by atoms with Gasteiger partial charge in [-0.2, -0.15) is 0 Å². The number of halogens is 1. The zero-order chi connectivity index (χ0) is 16.3. The summed E-state index contributed by atoms with van der Waals surface area (Å²) in [5.41, 5.74) is 0.890. The van der Waals surface area contributed by atoms with Crippen molar-refractivity contribution in [2.24, 2.45) is 0 Å². The Morgan fingerprint density at radius 3 is 1.29 bits per heavy atom. The third kappa shape index (κ3) is 4.04. The third-order valence-electron chi connectivity index (χ3n) is 2.50. The Morgan fingerprint density at radius 2 is 1.00 bits per heavy atom. The van der Waals surface area contributed by atoms with Gasteiger partial charge in [0.2, 0.25) is 0 Å². The number of rotatable bonds is 3. The Balaban J connectivity index is 3.60. The summed E-state index contributed by atoms with van der Waals surface area (Å²) in [5, 5.41) is 0. The van der Waals surface area contributed by atoms with Crippen LogP contribution in [0, 0.1) is 13.8 Å². The lowest BCUT2D eigenvalue weighted by Crippen LogP contribution is -2.11. The molecule has 114 valence electrons. The van der Waals surface area contributed by atoms with E-state index in [1.165, 1.54) is 20.8 Å². The van der Waals surface area contributed by atoms with Crippen LogP contribution in [-0.2, 0) is 14.4 Å². The predicted octanol–water partition coefficient (Wildman–Crippen LogP) is 2.84. The molecule has 1 aromatic rings. The van der Waals surface area contributed by atoms with E-state index in [2.05, 4.69) is 15.9 Å². The molecule has 0 N–H and O–H groups in total. The van der Waals surface area contributed by atoms with Gasteiger partial charge in [-0.3, -0.25) is 14.4 Å². The number of carbonyl (C=O) groups is 3. The van der Waals surface area contributed by atoms with Crippen molar-refractivity contribution in [1.82, 2.24) is 0 Å². The van der Waals surface area contributed by atoms with Crippen molar-refractivity contribution >= 4 is 33.8 Å². The van der Waals surface area contributed by atoms with Gasteiger partial charge in [-0.1, -0.05) is 0 Å². The summed E-state index contributed by atoms with van der Waals surface area (Å²) >= 11 is 3.25. The van der Waals surface area contributed by atoms with Crippen molar-refractivity contribution in [2.45, 2.75) is 34.6 Å². The molecule has 7 heteroatoms. The Morgan fingerprint density at radius 1 is 0.714 bits per heavy atom. The SMILES string of the molecule is CC(=O)Oc1c(C)c(OC(C)=O)c(Br)c(OC(C)=O)c1C. The van der Waals surface area contributed by atoms with Crippen LogP contribution in [0.4, 0.5) is 0 Å². The number of hydrogen-bond donors (Lipinski definition) is 0. The Hall–Kier alpha value is -1.89. The van der Waals surface area contributed by atoms with E-state index < -0.39 is 17.9 Å². The molecule has 0 bridgehead atoms. The van der Waals surface area contributed by atoms with Crippen LogP contribution in [0.1, 0.15) is 31.9 Å². The quantitative estimate of drug-likeness (QED) is 0.610. The van der Waals surface area contributed by atoms with E-state index in [0.717, 1.165) is 0 Å². The van der Waals surface area contributed by atoms with Crippen LogP contribution in [0.5, 0.6) is 17.2 Å². The van der Waals surface area contributed by atoms with Gasteiger partial charge in [0, 0.05) is 31.9 Å². The summed E-state index contributed by atoms with van der Waals surface area (Å²) < 4.78 is 15.7. The number of carbonyl (C=O) groups excluding carboxylic acids is 3. The predicted molar refractivity (Wildman–Crippen MR) is 77.5 cm³/mol. The third-order valence-corrected chi connectivity index (χ3v) is 3.22. The minimum Gasteiger partial charge on any atom is -0.426 e. The van der Waals surface area contributed by atoms with Gasteiger partial charge in [0.15, 0.2) is 11.5 Å². The molecule has 0 radical (unpaired) electrons. The fourth-order valence-corrected chi connectivity index (χ4v) is 2.50. The molecular weight excluding hydrogens is 344 g/mol. The Kier molecular flexibility index (Phi) is 5.48. The number of hydrogen-bond acceptors (Lipinski definition) is 6. The molecule has 0 aliphatic heterocycles. The summed E-state index contributed by atoms with van der Waals surface area (Å²) in [6.07, 6.45) is 0. The number of ether oxygens (including phenoxy) is 3. The van der Waals surface area contributed by atoms with E-state index in [4.69, 9.17) is 14.2 Å². The second kappa shape index (κ2) is 6.71. The minimum atomic E-state index is -0.551. The summed E-state index contributed by atoms with van der Waals surface area (Å²) in [6.45, 7) is 6.99. The minimum absolute atomic E-state index is 0.139. The molecule has 0 saturated heterocycles. The van der Waals surface area contributed by atoms with Gasteiger partial charge >= 0.3 is 17.9 Å². The second-order valence-corrected chi connectivity index (χ2v) is 5.13. The van der Waals surface area contributed by atoms with Crippen molar-refractivity contribution in [3.05, 3.63) is 15.6 Å². The molecule has 0 aliphatic carbocycles. The van der Waals surface area contributed by atoms with Crippen molar-refractivity contribution in [3.8, 4) is 17.2 Å². The smallest absolute Gasteiger partial charge is 0.308 e. The highest BCUT2D eigenvalue weighted by atomic mass is 79.9. The van der Waals surface area contributed by atoms with Crippen LogP contribution in [-0.4, -0.2) is 17.9 Å². The van der Waals surface area contributed by atoms with Crippen LogP contribution < -0.4 is 14.2 Å². The van der Waals surface area contributed by atoms with E-state index in [-0.39, 0.29) is 17.2 Å². The van der Waals surface area contributed by atoms with E-state index in [1.807, 2.05) is 0 Å². The van der Waals surface area contributed by atoms with Crippen molar-refractivity contribution in [1.29, 1.82) is 0 Å².